The minimum absolute atomic E-state index is 0.0454. The van der Waals surface area contributed by atoms with E-state index in [1.165, 1.54) is 17.0 Å². The molecule has 2 aromatic rings. The van der Waals surface area contributed by atoms with Gasteiger partial charge in [-0.1, -0.05) is 0 Å². The Morgan fingerprint density at radius 1 is 1.07 bits per heavy atom. The molecular formula is C30H32F2N4O6. The van der Waals surface area contributed by atoms with E-state index in [4.69, 9.17) is 5.73 Å². The first-order chi connectivity index (χ1) is 19.7. The van der Waals surface area contributed by atoms with E-state index in [1.807, 2.05) is 4.90 Å². The zero-order valence-electron chi connectivity index (χ0n) is 23.5. The van der Waals surface area contributed by atoms with Crippen molar-refractivity contribution in [2.24, 2.45) is 17.6 Å². The maximum absolute atomic E-state index is 14.0. The number of amides is 1. The van der Waals surface area contributed by atoms with Crippen molar-refractivity contribution in [3.05, 3.63) is 81.3 Å². The minimum atomic E-state index is -2.66. The predicted molar refractivity (Wildman–Crippen MR) is 150 cm³/mol. The summed E-state index contributed by atoms with van der Waals surface area (Å²) in [7, 11) is 6.77. The molecule has 0 unspecified atom stereocenters. The molecule has 3 aliphatic carbocycles. The van der Waals surface area contributed by atoms with Gasteiger partial charge in [-0.05, 0) is 68.2 Å². The molecule has 42 heavy (non-hydrogen) atoms. The van der Waals surface area contributed by atoms with Crippen LogP contribution < -0.4 is 16.0 Å². The number of nitrogens with one attached hydrogen (secondary N) is 1. The van der Waals surface area contributed by atoms with E-state index < -0.39 is 69.7 Å². The van der Waals surface area contributed by atoms with Crippen molar-refractivity contribution < 1.29 is 38.5 Å². The number of allylic oxidation sites excluding steroid dienone is 1. The van der Waals surface area contributed by atoms with Gasteiger partial charge in [0.25, 0.3) is 5.91 Å². The molecule has 222 valence electrons. The van der Waals surface area contributed by atoms with Gasteiger partial charge >= 0.3 is 0 Å². The monoisotopic (exact) mass is 582 g/mol. The smallest absolute Gasteiger partial charge is 0.255 e. The summed E-state index contributed by atoms with van der Waals surface area (Å²) >= 11 is 0. The molecule has 0 aliphatic heterocycles. The summed E-state index contributed by atoms with van der Waals surface area (Å²) in [6, 6.07) is 5.46. The first-order valence-corrected chi connectivity index (χ1v) is 13.3. The summed E-state index contributed by atoms with van der Waals surface area (Å²) in [4.78, 5) is 42.9. The molecule has 0 bridgehead atoms. The van der Waals surface area contributed by atoms with Crippen LogP contribution in [0.1, 0.15) is 27.9 Å². The Morgan fingerprint density at radius 2 is 1.71 bits per heavy atom. The second-order valence-corrected chi connectivity index (χ2v) is 11.5. The summed E-state index contributed by atoms with van der Waals surface area (Å²) in [5.41, 5.74) is 4.15. The Morgan fingerprint density at radius 3 is 2.29 bits per heavy atom. The molecular weight excluding hydrogens is 550 g/mol. The van der Waals surface area contributed by atoms with E-state index in [9.17, 15) is 38.5 Å². The van der Waals surface area contributed by atoms with Gasteiger partial charge in [0.2, 0.25) is 5.78 Å². The predicted octanol–water partition coefficient (Wildman–Crippen LogP) is 2.37. The van der Waals surface area contributed by atoms with Gasteiger partial charge < -0.3 is 31.3 Å². The number of nitrogens with two attached hydrogens (primary N) is 1. The molecule has 5 rings (SSSR count). The van der Waals surface area contributed by atoms with Crippen LogP contribution in [0, 0.1) is 23.5 Å². The summed E-state index contributed by atoms with van der Waals surface area (Å²) in [5, 5.41) is 37.2. The van der Waals surface area contributed by atoms with Crippen LogP contribution in [0.3, 0.4) is 0 Å². The Kier molecular flexibility index (Phi) is 7.10. The van der Waals surface area contributed by atoms with Crippen LogP contribution >= 0.6 is 0 Å². The quantitative estimate of drug-likeness (QED) is 0.323. The average Bonchev–Trinajstić information content (AvgIpc) is 2.88. The fourth-order valence-electron chi connectivity index (χ4n) is 6.65. The Bertz CT molecular complexity index is 1580. The lowest BCUT2D eigenvalue weighted by Crippen LogP contribution is -2.63. The highest BCUT2D eigenvalue weighted by Crippen LogP contribution is 2.52. The molecule has 0 saturated heterocycles. The van der Waals surface area contributed by atoms with E-state index >= 15 is 0 Å². The molecule has 10 nitrogen and oxygen atoms in total. The number of rotatable bonds is 6. The molecule has 3 aliphatic rings. The summed E-state index contributed by atoms with van der Waals surface area (Å²) in [5.74, 6) is -7.72. The van der Waals surface area contributed by atoms with Crippen molar-refractivity contribution in [3.63, 3.8) is 0 Å². The van der Waals surface area contributed by atoms with Crippen LogP contribution in [0.4, 0.5) is 20.2 Å². The van der Waals surface area contributed by atoms with E-state index in [1.54, 1.807) is 40.3 Å². The SMILES string of the molecule is CN(C)c1cc(NCc2cc(F)cc(F)c2)cc2c1C[C@H]1C[C@H]3[C@H](N(C)C)C(O)=C(C(N)=O)C(=O)[C@@]3(O)C(O)=C1C2=O. The number of carbonyl (C=O) groups excluding carboxylic acids is 3. The molecule has 0 spiro atoms. The van der Waals surface area contributed by atoms with Gasteiger partial charge in [-0.25, -0.2) is 8.78 Å². The molecule has 1 amide bonds. The first-order valence-electron chi connectivity index (χ1n) is 13.3. The fraction of sp³-hybridized carbons (Fsp3) is 0.367. The van der Waals surface area contributed by atoms with E-state index in [0.29, 0.717) is 22.5 Å². The van der Waals surface area contributed by atoms with Crippen molar-refractivity contribution in [2.75, 3.05) is 38.4 Å². The largest absolute Gasteiger partial charge is 0.510 e. The molecule has 0 fully saturated rings. The van der Waals surface area contributed by atoms with Crippen LogP contribution in [0.5, 0.6) is 0 Å². The molecule has 12 heteroatoms. The Hall–Kier alpha value is -4.29. The van der Waals surface area contributed by atoms with Crippen molar-refractivity contribution >= 4 is 28.8 Å². The van der Waals surface area contributed by atoms with Crippen molar-refractivity contribution in [1.29, 1.82) is 0 Å². The highest BCUT2D eigenvalue weighted by molar-refractivity contribution is 6.24. The van der Waals surface area contributed by atoms with Gasteiger partial charge in [0, 0.05) is 55.1 Å². The van der Waals surface area contributed by atoms with Gasteiger partial charge in [0.05, 0.1) is 6.04 Å². The number of fused-ring (bicyclic) bond motifs is 3. The number of Topliss-reactive ketones (excluding diaryl/α,β-unsaturated/α-hetero) is 2. The number of carbonyl (C=O) groups is 3. The normalized spacial score (nSPS) is 25.3. The number of aliphatic hydroxyl groups excluding tert-OH is 2. The molecule has 4 atom stereocenters. The lowest BCUT2D eigenvalue weighted by atomic mass is 9.58. The lowest BCUT2D eigenvalue weighted by Gasteiger charge is -2.50. The van der Waals surface area contributed by atoms with Crippen molar-refractivity contribution in [3.8, 4) is 0 Å². The van der Waals surface area contributed by atoms with E-state index in [-0.39, 0.29) is 30.5 Å². The number of hydrogen-bond donors (Lipinski definition) is 5. The maximum atomic E-state index is 14.0. The van der Waals surface area contributed by atoms with Crippen LogP contribution in [0.15, 0.2) is 53.0 Å². The topological polar surface area (TPSA) is 156 Å². The van der Waals surface area contributed by atoms with Crippen LogP contribution in [0.2, 0.25) is 0 Å². The number of aliphatic hydroxyl groups is 3. The van der Waals surface area contributed by atoms with E-state index in [2.05, 4.69) is 5.32 Å². The molecule has 6 N–H and O–H groups in total. The number of ketones is 2. The van der Waals surface area contributed by atoms with Crippen LogP contribution in [-0.4, -0.2) is 77.5 Å². The lowest BCUT2D eigenvalue weighted by molar-refractivity contribution is -0.148. The molecule has 0 radical (unpaired) electrons. The second kappa shape index (κ2) is 10.2. The second-order valence-electron chi connectivity index (χ2n) is 11.5. The van der Waals surface area contributed by atoms with Gasteiger partial charge in [0.1, 0.15) is 28.7 Å². The first kappa shape index (κ1) is 29.2. The third-order valence-electron chi connectivity index (χ3n) is 8.46. The summed E-state index contributed by atoms with van der Waals surface area (Å²) in [6.45, 7) is 0.0542. The summed E-state index contributed by atoms with van der Waals surface area (Å²) < 4.78 is 27.4. The highest BCUT2D eigenvalue weighted by atomic mass is 19.1. The Balaban J connectivity index is 1.61. The molecule has 0 aromatic heterocycles. The number of likely N-dealkylation sites (N-methyl/N-ethyl adjacent to an activating group) is 1. The third kappa shape index (κ3) is 4.42. The average molecular weight is 583 g/mol. The third-order valence-corrected chi connectivity index (χ3v) is 8.46. The molecule has 0 heterocycles. The number of primary amides is 1. The number of hydrogen-bond acceptors (Lipinski definition) is 9. The van der Waals surface area contributed by atoms with Crippen LogP contribution in [0.25, 0.3) is 0 Å². The number of anilines is 2. The van der Waals surface area contributed by atoms with Gasteiger partial charge in [-0.2, -0.15) is 0 Å². The number of nitrogens with zero attached hydrogens (tertiary/aromatic N) is 2. The number of halogens is 2. The van der Waals surface area contributed by atoms with Crippen molar-refractivity contribution in [2.45, 2.75) is 31.0 Å². The minimum Gasteiger partial charge on any atom is -0.510 e. The Labute approximate surface area is 240 Å². The van der Waals surface area contributed by atoms with Crippen LogP contribution in [-0.2, 0) is 22.6 Å². The van der Waals surface area contributed by atoms with Gasteiger partial charge in [0.15, 0.2) is 11.4 Å². The highest BCUT2D eigenvalue weighted by Gasteiger charge is 2.63. The van der Waals surface area contributed by atoms with E-state index in [0.717, 1.165) is 6.07 Å². The fourth-order valence-corrected chi connectivity index (χ4v) is 6.65. The number of benzene rings is 2. The van der Waals surface area contributed by atoms with Crippen molar-refractivity contribution in [1.82, 2.24) is 4.90 Å². The zero-order valence-corrected chi connectivity index (χ0v) is 23.5. The van der Waals surface area contributed by atoms with Gasteiger partial charge in [-0.3, -0.25) is 19.3 Å². The summed E-state index contributed by atoms with van der Waals surface area (Å²) in [6.07, 6.45) is 0.321. The zero-order chi connectivity index (χ0) is 30.8. The standard InChI is InChI=1S/C30H32F2N4O6/c1-35(2)21-11-17(34-12-13-5-15(31)9-16(32)6-13)10-19-18(21)7-14-8-20-24(36(3)4)26(38)23(29(33)41)28(40)30(20,42)27(39)22(14)25(19)37/h5-6,9-11,14,20,24,34,38-39,42H,7-8,12H2,1-4H3,(H2,33,41)/t14-,20-,24-,30-/m0/s1. The molecule has 2 aromatic carbocycles. The van der Waals surface area contributed by atoms with Gasteiger partial charge in [-0.15, -0.1) is 0 Å². The maximum Gasteiger partial charge on any atom is 0.255 e. The molecule has 0 saturated carbocycles.